The summed E-state index contributed by atoms with van der Waals surface area (Å²) in [5.41, 5.74) is 0.613. The van der Waals surface area contributed by atoms with Crippen molar-refractivity contribution in [2.24, 2.45) is 10.2 Å². The minimum Gasteiger partial charge on any atom is -0.497 e. The molecular formula is C13H12N2O4S. The van der Waals surface area contributed by atoms with Gasteiger partial charge in [-0.2, -0.15) is 13.5 Å². The number of azo groups is 1. The molecule has 0 bridgehead atoms. The zero-order valence-corrected chi connectivity index (χ0v) is 11.4. The van der Waals surface area contributed by atoms with Crippen molar-refractivity contribution in [3.8, 4) is 5.75 Å². The number of hydrogen-bond donors (Lipinski definition) is 1. The molecule has 0 spiro atoms. The van der Waals surface area contributed by atoms with Gasteiger partial charge >= 0.3 is 0 Å². The van der Waals surface area contributed by atoms with Gasteiger partial charge in [-0.15, -0.1) is 5.11 Å². The molecule has 0 aliphatic heterocycles. The maximum atomic E-state index is 11.2. The first-order valence-corrected chi connectivity index (χ1v) is 7.07. The van der Waals surface area contributed by atoms with Crippen LogP contribution in [0.1, 0.15) is 0 Å². The van der Waals surface area contributed by atoms with Gasteiger partial charge in [-0.3, -0.25) is 4.55 Å². The highest BCUT2D eigenvalue weighted by Gasteiger charge is 2.14. The third-order valence-corrected chi connectivity index (χ3v) is 3.39. The first kappa shape index (κ1) is 14.2. The van der Waals surface area contributed by atoms with Crippen molar-refractivity contribution in [2.45, 2.75) is 4.90 Å². The van der Waals surface area contributed by atoms with Crippen LogP contribution in [0.4, 0.5) is 11.4 Å². The fourth-order valence-corrected chi connectivity index (χ4v) is 2.14. The predicted molar refractivity (Wildman–Crippen MR) is 73.4 cm³/mol. The molecule has 0 atom stereocenters. The third-order valence-electron chi connectivity index (χ3n) is 2.49. The van der Waals surface area contributed by atoms with Crippen molar-refractivity contribution in [2.75, 3.05) is 7.11 Å². The Morgan fingerprint density at radius 3 is 2.25 bits per heavy atom. The average molecular weight is 292 g/mol. The van der Waals surface area contributed by atoms with Crippen molar-refractivity contribution in [3.05, 3.63) is 48.5 Å². The van der Waals surface area contributed by atoms with Crippen LogP contribution in [0, 0.1) is 0 Å². The lowest BCUT2D eigenvalue weighted by Gasteiger charge is -2.01. The molecule has 6 nitrogen and oxygen atoms in total. The second kappa shape index (κ2) is 5.81. The molecule has 2 rings (SSSR count). The Bertz CT molecular complexity index is 724. The van der Waals surface area contributed by atoms with E-state index in [1.165, 1.54) is 18.2 Å². The van der Waals surface area contributed by atoms with Crippen LogP contribution in [-0.4, -0.2) is 20.1 Å². The average Bonchev–Trinajstić information content (AvgIpc) is 2.45. The molecule has 0 aliphatic carbocycles. The van der Waals surface area contributed by atoms with E-state index >= 15 is 0 Å². The second-order valence-electron chi connectivity index (χ2n) is 3.84. The summed E-state index contributed by atoms with van der Waals surface area (Å²) in [5, 5.41) is 7.76. The Hall–Kier alpha value is -2.25. The first-order valence-electron chi connectivity index (χ1n) is 5.63. The molecule has 0 aromatic heterocycles. The van der Waals surface area contributed by atoms with E-state index in [0.29, 0.717) is 11.4 Å². The molecule has 2 aromatic rings. The van der Waals surface area contributed by atoms with Crippen LogP contribution in [0.5, 0.6) is 5.75 Å². The summed E-state index contributed by atoms with van der Waals surface area (Å²) in [6.07, 6.45) is 0. The second-order valence-corrected chi connectivity index (χ2v) is 5.23. The van der Waals surface area contributed by atoms with Crippen LogP contribution in [0.2, 0.25) is 0 Å². The number of rotatable bonds is 4. The van der Waals surface area contributed by atoms with E-state index in [-0.39, 0.29) is 10.6 Å². The molecule has 0 heterocycles. The molecule has 1 N–H and O–H groups in total. The monoisotopic (exact) mass is 292 g/mol. The molecular weight excluding hydrogens is 280 g/mol. The van der Waals surface area contributed by atoms with E-state index in [9.17, 15) is 8.42 Å². The molecule has 2 aromatic carbocycles. The number of ether oxygens (including phenoxy) is 1. The summed E-state index contributed by atoms with van der Waals surface area (Å²) >= 11 is 0. The molecule has 0 saturated carbocycles. The van der Waals surface area contributed by atoms with Gasteiger partial charge in [0.25, 0.3) is 10.1 Å². The van der Waals surface area contributed by atoms with Crippen LogP contribution in [0.15, 0.2) is 63.7 Å². The van der Waals surface area contributed by atoms with E-state index in [1.54, 1.807) is 37.4 Å². The highest BCUT2D eigenvalue weighted by atomic mass is 32.2. The highest BCUT2D eigenvalue weighted by Crippen LogP contribution is 2.26. The fraction of sp³-hybridized carbons (Fsp3) is 0.0769. The smallest absolute Gasteiger partial charge is 0.296 e. The van der Waals surface area contributed by atoms with Crippen LogP contribution in [-0.2, 0) is 10.1 Å². The predicted octanol–water partition coefficient (Wildman–Crippen LogP) is 3.36. The molecule has 0 aliphatic rings. The quantitative estimate of drug-likeness (QED) is 0.691. The Morgan fingerprint density at radius 2 is 1.65 bits per heavy atom. The molecule has 0 radical (unpaired) electrons. The lowest BCUT2D eigenvalue weighted by molar-refractivity contribution is 0.415. The topological polar surface area (TPSA) is 88.3 Å². The van der Waals surface area contributed by atoms with Crippen molar-refractivity contribution in [3.63, 3.8) is 0 Å². The fourth-order valence-electron chi connectivity index (χ4n) is 1.52. The maximum Gasteiger partial charge on any atom is 0.296 e. The highest BCUT2D eigenvalue weighted by molar-refractivity contribution is 7.86. The molecule has 20 heavy (non-hydrogen) atoms. The number of nitrogens with zero attached hydrogens (tertiary/aromatic N) is 2. The molecule has 0 fully saturated rings. The molecule has 0 amide bonds. The summed E-state index contributed by atoms with van der Waals surface area (Å²) in [6, 6.07) is 12.6. The van der Waals surface area contributed by atoms with Crippen LogP contribution < -0.4 is 4.74 Å². The molecule has 7 heteroatoms. The minimum atomic E-state index is -4.32. The van der Waals surface area contributed by atoms with Gasteiger partial charge in [-0.05, 0) is 36.4 Å². The lowest BCUT2D eigenvalue weighted by Crippen LogP contribution is -1.97. The SMILES string of the molecule is COc1ccc(N=Nc2ccccc2S(=O)(=O)O)cc1. The van der Waals surface area contributed by atoms with Gasteiger partial charge in [0.05, 0.1) is 12.8 Å². The minimum absolute atomic E-state index is 0.0748. The van der Waals surface area contributed by atoms with E-state index in [2.05, 4.69) is 10.2 Å². The van der Waals surface area contributed by atoms with E-state index < -0.39 is 10.1 Å². The van der Waals surface area contributed by atoms with Crippen molar-refractivity contribution < 1.29 is 17.7 Å². The van der Waals surface area contributed by atoms with Gasteiger partial charge in [0.2, 0.25) is 0 Å². The Labute approximate surface area is 116 Å². The van der Waals surface area contributed by atoms with Crippen LogP contribution in [0.25, 0.3) is 0 Å². The molecule has 0 saturated heterocycles. The standard InChI is InChI=1S/C13H12N2O4S/c1-19-11-8-6-10(7-9-11)14-15-12-4-2-3-5-13(12)20(16,17)18/h2-9H,1H3,(H,16,17,18). The van der Waals surface area contributed by atoms with Gasteiger partial charge in [0.15, 0.2) is 0 Å². The number of methoxy groups -OCH3 is 1. The van der Waals surface area contributed by atoms with Crippen molar-refractivity contribution >= 4 is 21.5 Å². The Balaban J connectivity index is 2.32. The maximum absolute atomic E-state index is 11.2. The normalized spacial score (nSPS) is 11.7. The van der Waals surface area contributed by atoms with E-state index in [1.807, 2.05) is 0 Å². The van der Waals surface area contributed by atoms with Gasteiger partial charge in [0.1, 0.15) is 16.3 Å². The van der Waals surface area contributed by atoms with E-state index in [0.717, 1.165) is 0 Å². The lowest BCUT2D eigenvalue weighted by atomic mass is 10.3. The van der Waals surface area contributed by atoms with Gasteiger partial charge < -0.3 is 4.74 Å². The van der Waals surface area contributed by atoms with Crippen molar-refractivity contribution in [1.29, 1.82) is 0 Å². The van der Waals surface area contributed by atoms with Crippen LogP contribution >= 0.6 is 0 Å². The first-order chi connectivity index (χ1) is 9.50. The summed E-state index contributed by atoms with van der Waals surface area (Å²) < 4.78 is 36.5. The zero-order valence-electron chi connectivity index (χ0n) is 10.6. The summed E-state index contributed by atoms with van der Waals surface area (Å²) in [4.78, 5) is -0.280. The number of hydrogen-bond acceptors (Lipinski definition) is 5. The van der Waals surface area contributed by atoms with Gasteiger partial charge in [0, 0.05) is 0 Å². The third kappa shape index (κ3) is 3.40. The largest absolute Gasteiger partial charge is 0.497 e. The van der Waals surface area contributed by atoms with Gasteiger partial charge in [-0.1, -0.05) is 12.1 Å². The molecule has 104 valence electrons. The summed E-state index contributed by atoms with van der Waals surface area (Å²) in [6.45, 7) is 0. The number of benzene rings is 2. The van der Waals surface area contributed by atoms with Crippen molar-refractivity contribution in [1.82, 2.24) is 0 Å². The molecule has 0 unspecified atom stereocenters. The Kier molecular flexibility index (Phi) is 4.11. The summed E-state index contributed by atoms with van der Waals surface area (Å²) in [5.74, 6) is 0.683. The van der Waals surface area contributed by atoms with Crippen LogP contribution in [0.3, 0.4) is 0 Å². The van der Waals surface area contributed by atoms with Gasteiger partial charge in [-0.25, -0.2) is 0 Å². The summed E-state index contributed by atoms with van der Waals surface area (Å²) in [7, 11) is -2.77. The zero-order chi connectivity index (χ0) is 14.6. The van der Waals surface area contributed by atoms with E-state index in [4.69, 9.17) is 9.29 Å². The Morgan fingerprint density at radius 1 is 1.00 bits per heavy atom.